The van der Waals surface area contributed by atoms with Crippen LogP contribution in [0.25, 0.3) is 0 Å². The molecule has 0 aliphatic carbocycles. The molecule has 1 heterocycles. The highest BCUT2D eigenvalue weighted by Gasteiger charge is 2.32. The number of nitrogens with zero attached hydrogens (tertiary/aromatic N) is 1. The van der Waals surface area contributed by atoms with Crippen molar-refractivity contribution in [3.05, 3.63) is 0 Å². The molecule has 1 saturated heterocycles. The minimum absolute atomic E-state index is 0.180. The zero-order chi connectivity index (χ0) is 15.6. The third-order valence-corrected chi connectivity index (χ3v) is 5.08. The Kier molecular flexibility index (Phi) is 5.75. The number of carbonyl (C=O) groups is 1. The maximum absolute atomic E-state index is 12.5. The maximum atomic E-state index is 12.5. The van der Waals surface area contributed by atoms with Crippen LogP contribution in [0.1, 0.15) is 34.6 Å². The zero-order valence-electron chi connectivity index (χ0n) is 13.3. The standard InChI is InChI=1S/C14H28N2O3S/c1-11(2)15-12(13(17)14(3,4)5)10-16-6-8-20(18,19)9-7-16/h11-12,15H,6-10H2,1-5H3. The minimum Gasteiger partial charge on any atom is -0.304 e. The smallest absolute Gasteiger partial charge is 0.156 e. The van der Waals surface area contributed by atoms with E-state index < -0.39 is 15.3 Å². The van der Waals surface area contributed by atoms with Gasteiger partial charge in [-0.25, -0.2) is 8.42 Å². The van der Waals surface area contributed by atoms with E-state index >= 15 is 0 Å². The van der Waals surface area contributed by atoms with Gasteiger partial charge in [0.1, 0.15) is 0 Å². The number of hydrogen-bond acceptors (Lipinski definition) is 5. The first-order chi connectivity index (χ1) is 9.01. The number of ketones is 1. The highest BCUT2D eigenvalue weighted by atomic mass is 32.2. The van der Waals surface area contributed by atoms with Crippen molar-refractivity contribution >= 4 is 15.6 Å². The average Bonchev–Trinajstić information content (AvgIpc) is 2.28. The summed E-state index contributed by atoms with van der Waals surface area (Å²) in [5.74, 6) is 0.579. The molecule has 0 aromatic heterocycles. The molecular formula is C14H28N2O3S. The van der Waals surface area contributed by atoms with Crippen LogP contribution < -0.4 is 5.32 Å². The summed E-state index contributed by atoms with van der Waals surface area (Å²) in [6.07, 6.45) is 0. The van der Waals surface area contributed by atoms with Crippen LogP contribution in [0.5, 0.6) is 0 Å². The molecule has 6 heteroatoms. The molecule has 0 spiro atoms. The van der Waals surface area contributed by atoms with Gasteiger partial charge in [0.25, 0.3) is 0 Å². The van der Waals surface area contributed by atoms with E-state index in [4.69, 9.17) is 0 Å². The van der Waals surface area contributed by atoms with Crippen molar-refractivity contribution in [3.8, 4) is 0 Å². The summed E-state index contributed by atoms with van der Waals surface area (Å²) in [5.41, 5.74) is -0.394. The minimum atomic E-state index is -2.87. The molecule has 0 radical (unpaired) electrons. The highest BCUT2D eigenvalue weighted by molar-refractivity contribution is 7.91. The van der Waals surface area contributed by atoms with Gasteiger partial charge in [-0.3, -0.25) is 9.69 Å². The fraction of sp³-hybridized carbons (Fsp3) is 0.929. The fourth-order valence-corrected chi connectivity index (χ4v) is 3.60. The lowest BCUT2D eigenvalue weighted by Gasteiger charge is -2.33. The van der Waals surface area contributed by atoms with Crippen LogP contribution in [0.3, 0.4) is 0 Å². The van der Waals surface area contributed by atoms with Crippen LogP contribution in [0.15, 0.2) is 0 Å². The first kappa shape index (κ1) is 17.6. The molecule has 0 amide bonds. The molecule has 1 N–H and O–H groups in total. The number of sulfone groups is 1. The number of nitrogens with one attached hydrogen (secondary N) is 1. The third kappa shape index (κ3) is 5.50. The normalized spacial score (nSPS) is 21.9. The summed E-state index contributed by atoms with van der Waals surface area (Å²) in [6, 6.07) is -0.0179. The summed E-state index contributed by atoms with van der Waals surface area (Å²) >= 11 is 0. The zero-order valence-corrected chi connectivity index (χ0v) is 14.1. The molecule has 0 aromatic rings. The molecule has 118 valence electrons. The van der Waals surface area contributed by atoms with Gasteiger partial charge >= 0.3 is 0 Å². The molecule has 0 saturated carbocycles. The van der Waals surface area contributed by atoms with Crippen LogP contribution >= 0.6 is 0 Å². The number of hydrogen-bond donors (Lipinski definition) is 1. The largest absolute Gasteiger partial charge is 0.304 e. The number of carbonyl (C=O) groups excluding carboxylic acids is 1. The van der Waals surface area contributed by atoms with Crippen LogP contribution in [-0.2, 0) is 14.6 Å². The van der Waals surface area contributed by atoms with E-state index in [1.54, 1.807) is 0 Å². The second-order valence-electron chi connectivity index (χ2n) is 6.94. The van der Waals surface area contributed by atoms with Crippen molar-refractivity contribution in [1.82, 2.24) is 10.2 Å². The van der Waals surface area contributed by atoms with Gasteiger partial charge in [0.05, 0.1) is 17.5 Å². The van der Waals surface area contributed by atoms with E-state index in [1.165, 1.54) is 0 Å². The summed E-state index contributed by atoms with van der Waals surface area (Å²) in [4.78, 5) is 14.6. The molecule has 1 aliphatic heterocycles. The lowest BCUT2D eigenvalue weighted by Crippen LogP contribution is -2.54. The van der Waals surface area contributed by atoms with Gasteiger partial charge in [0.15, 0.2) is 15.6 Å². The second-order valence-corrected chi connectivity index (χ2v) is 9.24. The van der Waals surface area contributed by atoms with Crippen molar-refractivity contribution in [2.75, 3.05) is 31.1 Å². The van der Waals surface area contributed by atoms with Crippen LogP contribution in [0.2, 0.25) is 0 Å². The first-order valence-corrected chi connectivity index (χ1v) is 9.06. The Hall–Kier alpha value is -0.460. The van der Waals surface area contributed by atoms with Crippen molar-refractivity contribution in [2.24, 2.45) is 5.41 Å². The van der Waals surface area contributed by atoms with Crippen LogP contribution in [0, 0.1) is 5.41 Å². The maximum Gasteiger partial charge on any atom is 0.156 e. The van der Waals surface area contributed by atoms with Gasteiger partial charge in [-0.2, -0.15) is 0 Å². The quantitative estimate of drug-likeness (QED) is 0.810. The van der Waals surface area contributed by atoms with E-state index in [9.17, 15) is 13.2 Å². The van der Waals surface area contributed by atoms with Crippen molar-refractivity contribution in [2.45, 2.75) is 46.7 Å². The summed E-state index contributed by atoms with van der Waals surface area (Å²) < 4.78 is 22.9. The van der Waals surface area contributed by atoms with Crippen LogP contribution in [-0.4, -0.2) is 62.3 Å². The Balaban J connectivity index is 2.69. The van der Waals surface area contributed by atoms with Gasteiger partial charge in [0.2, 0.25) is 0 Å². The molecule has 1 atom stereocenters. The van der Waals surface area contributed by atoms with E-state index in [1.807, 2.05) is 34.6 Å². The summed E-state index contributed by atoms with van der Waals surface area (Å²) in [7, 11) is -2.87. The van der Waals surface area contributed by atoms with Gasteiger partial charge < -0.3 is 5.32 Å². The summed E-state index contributed by atoms with van der Waals surface area (Å²) in [6.45, 7) is 11.4. The van der Waals surface area contributed by atoms with Gasteiger partial charge in [-0.15, -0.1) is 0 Å². The predicted molar refractivity (Wildman–Crippen MR) is 81.6 cm³/mol. The monoisotopic (exact) mass is 304 g/mol. The third-order valence-electron chi connectivity index (χ3n) is 3.47. The molecule has 1 unspecified atom stereocenters. The molecule has 0 bridgehead atoms. The Morgan fingerprint density at radius 3 is 2.10 bits per heavy atom. The number of rotatable bonds is 5. The van der Waals surface area contributed by atoms with Crippen molar-refractivity contribution in [3.63, 3.8) is 0 Å². The Bertz CT molecular complexity index is 424. The van der Waals surface area contributed by atoms with E-state index in [-0.39, 0.29) is 29.4 Å². The fourth-order valence-electron chi connectivity index (χ4n) is 2.33. The molecule has 20 heavy (non-hydrogen) atoms. The topological polar surface area (TPSA) is 66.5 Å². The SMILES string of the molecule is CC(C)NC(CN1CCS(=O)(=O)CC1)C(=O)C(C)(C)C. The Morgan fingerprint density at radius 2 is 1.70 bits per heavy atom. The van der Waals surface area contributed by atoms with Gasteiger partial charge in [-0.1, -0.05) is 34.6 Å². The van der Waals surface area contributed by atoms with Gasteiger partial charge in [0, 0.05) is 31.1 Å². The molecule has 5 nitrogen and oxygen atoms in total. The van der Waals surface area contributed by atoms with E-state index in [2.05, 4.69) is 10.2 Å². The van der Waals surface area contributed by atoms with Crippen LogP contribution in [0.4, 0.5) is 0 Å². The number of Topliss-reactive ketones (excluding diaryl/α,β-unsaturated/α-hetero) is 1. The molecule has 1 fully saturated rings. The molecule has 0 aromatic carbocycles. The van der Waals surface area contributed by atoms with E-state index in [0.29, 0.717) is 19.6 Å². The average molecular weight is 304 g/mol. The van der Waals surface area contributed by atoms with Crippen molar-refractivity contribution in [1.29, 1.82) is 0 Å². The summed E-state index contributed by atoms with van der Waals surface area (Å²) in [5, 5.41) is 3.31. The first-order valence-electron chi connectivity index (χ1n) is 7.24. The Labute approximate surface area is 123 Å². The molecule has 1 rings (SSSR count). The predicted octanol–water partition coefficient (Wildman–Crippen LogP) is 0.699. The molecule has 1 aliphatic rings. The van der Waals surface area contributed by atoms with E-state index in [0.717, 1.165) is 0 Å². The lowest BCUT2D eigenvalue weighted by atomic mass is 9.86. The lowest BCUT2D eigenvalue weighted by molar-refractivity contribution is -0.129. The van der Waals surface area contributed by atoms with Gasteiger partial charge in [-0.05, 0) is 0 Å². The highest BCUT2D eigenvalue weighted by Crippen LogP contribution is 2.18. The second kappa shape index (κ2) is 6.54. The Morgan fingerprint density at radius 1 is 1.20 bits per heavy atom. The molecular weight excluding hydrogens is 276 g/mol. The van der Waals surface area contributed by atoms with Crippen molar-refractivity contribution < 1.29 is 13.2 Å².